The molecule has 18 heavy (non-hydrogen) atoms. The molecule has 0 aromatic carbocycles. The Morgan fingerprint density at radius 3 is 3.17 bits per heavy atom. The van der Waals surface area contributed by atoms with Gasteiger partial charge in [-0.25, -0.2) is 4.79 Å². The van der Waals surface area contributed by atoms with Gasteiger partial charge < -0.3 is 10.4 Å². The number of carbonyl (C=O) groups is 1. The third-order valence-corrected chi connectivity index (χ3v) is 3.55. The van der Waals surface area contributed by atoms with E-state index in [0.29, 0.717) is 11.4 Å². The summed E-state index contributed by atoms with van der Waals surface area (Å²) in [6, 6.07) is 3.96. The molecule has 0 aliphatic carbocycles. The highest BCUT2D eigenvalue weighted by molar-refractivity contribution is 7.12. The second-order valence-corrected chi connectivity index (χ2v) is 5.01. The molecule has 0 aliphatic heterocycles. The third-order valence-electron chi connectivity index (χ3n) is 2.60. The molecule has 0 amide bonds. The number of rotatable bonds is 6. The summed E-state index contributed by atoms with van der Waals surface area (Å²) in [7, 11) is 0. The lowest BCUT2D eigenvalue weighted by Crippen LogP contribution is -2.30. The molecule has 96 valence electrons. The predicted molar refractivity (Wildman–Crippen MR) is 69.8 cm³/mol. The molecule has 0 aliphatic rings. The first-order chi connectivity index (χ1) is 8.66. The summed E-state index contributed by atoms with van der Waals surface area (Å²) in [6.45, 7) is 3.38. The van der Waals surface area contributed by atoms with Crippen molar-refractivity contribution >= 4 is 17.3 Å². The van der Waals surface area contributed by atoms with E-state index >= 15 is 0 Å². The number of carboxylic acid groups (broad SMARTS) is 1. The van der Waals surface area contributed by atoms with Crippen LogP contribution in [0.2, 0.25) is 0 Å². The van der Waals surface area contributed by atoms with Gasteiger partial charge in [0, 0.05) is 25.0 Å². The minimum Gasteiger partial charge on any atom is -0.477 e. The van der Waals surface area contributed by atoms with Crippen molar-refractivity contribution in [1.29, 1.82) is 0 Å². The molecule has 0 bridgehead atoms. The van der Waals surface area contributed by atoms with E-state index in [0.717, 1.165) is 12.1 Å². The van der Waals surface area contributed by atoms with Gasteiger partial charge in [-0.15, -0.1) is 11.3 Å². The smallest absolute Gasteiger partial charge is 0.346 e. The minimum absolute atomic E-state index is 0.228. The van der Waals surface area contributed by atoms with Crippen molar-refractivity contribution in [3.8, 4) is 0 Å². The van der Waals surface area contributed by atoms with Crippen LogP contribution in [0.1, 0.15) is 22.2 Å². The number of aromatic nitrogens is 2. The van der Waals surface area contributed by atoms with Crippen LogP contribution in [-0.4, -0.2) is 26.9 Å². The van der Waals surface area contributed by atoms with Gasteiger partial charge in [0.05, 0.1) is 6.54 Å². The van der Waals surface area contributed by atoms with E-state index in [-0.39, 0.29) is 6.04 Å². The standard InChI is InChI=1S/C12H15N3O2S/c1-9(8-15-5-2-4-14-15)13-7-10-3-6-18-11(10)12(16)17/h2-6,9,13H,7-8H2,1H3,(H,16,17). The van der Waals surface area contributed by atoms with E-state index < -0.39 is 5.97 Å². The Hall–Kier alpha value is -1.66. The fourth-order valence-electron chi connectivity index (χ4n) is 1.70. The van der Waals surface area contributed by atoms with E-state index in [1.54, 1.807) is 11.6 Å². The highest BCUT2D eigenvalue weighted by atomic mass is 32.1. The number of nitrogens with one attached hydrogen (secondary N) is 1. The molecule has 1 unspecified atom stereocenters. The van der Waals surface area contributed by atoms with Crippen molar-refractivity contribution in [2.24, 2.45) is 0 Å². The molecule has 2 aromatic heterocycles. The first-order valence-electron chi connectivity index (χ1n) is 5.67. The highest BCUT2D eigenvalue weighted by Crippen LogP contribution is 2.16. The van der Waals surface area contributed by atoms with Crippen LogP contribution in [0.4, 0.5) is 0 Å². The van der Waals surface area contributed by atoms with Gasteiger partial charge in [-0.2, -0.15) is 5.10 Å². The Morgan fingerprint density at radius 2 is 2.50 bits per heavy atom. The predicted octanol–water partition coefficient (Wildman–Crippen LogP) is 1.82. The lowest BCUT2D eigenvalue weighted by atomic mass is 10.2. The third kappa shape index (κ3) is 3.18. The van der Waals surface area contributed by atoms with E-state index in [1.165, 1.54) is 11.3 Å². The van der Waals surface area contributed by atoms with Gasteiger partial charge in [0.2, 0.25) is 0 Å². The molecule has 0 spiro atoms. The zero-order valence-electron chi connectivity index (χ0n) is 10.0. The van der Waals surface area contributed by atoms with Crippen LogP contribution in [0.5, 0.6) is 0 Å². The Labute approximate surface area is 109 Å². The maximum Gasteiger partial charge on any atom is 0.346 e. The van der Waals surface area contributed by atoms with Gasteiger partial charge in [-0.05, 0) is 30.0 Å². The first-order valence-corrected chi connectivity index (χ1v) is 6.55. The minimum atomic E-state index is -0.860. The molecular weight excluding hydrogens is 250 g/mol. The van der Waals surface area contributed by atoms with Crippen molar-refractivity contribution in [2.75, 3.05) is 0 Å². The van der Waals surface area contributed by atoms with Gasteiger partial charge >= 0.3 is 5.97 Å². The number of carboxylic acids is 1. The monoisotopic (exact) mass is 265 g/mol. The lowest BCUT2D eigenvalue weighted by Gasteiger charge is -2.13. The molecule has 5 nitrogen and oxygen atoms in total. The van der Waals surface area contributed by atoms with Crippen LogP contribution in [0, 0.1) is 0 Å². The average molecular weight is 265 g/mol. The lowest BCUT2D eigenvalue weighted by molar-refractivity contribution is 0.0701. The van der Waals surface area contributed by atoms with Crippen molar-refractivity contribution in [3.63, 3.8) is 0 Å². The molecule has 0 radical (unpaired) electrons. The van der Waals surface area contributed by atoms with E-state index in [1.807, 2.05) is 23.0 Å². The van der Waals surface area contributed by atoms with E-state index in [9.17, 15) is 4.79 Å². The van der Waals surface area contributed by atoms with Gasteiger partial charge in [-0.1, -0.05) is 0 Å². The fraction of sp³-hybridized carbons (Fsp3) is 0.333. The van der Waals surface area contributed by atoms with E-state index in [2.05, 4.69) is 17.3 Å². The molecule has 6 heteroatoms. The second-order valence-electron chi connectivity index (χ2n) is 4.09. The van der Waals surface area contributed by atoms with Gasteiger partial charge in [0.15, 0.2) is 0 Å². The topological polar surface area (TPSA) is 67.2 Å². The molecule has 0 saturated carbocycles. The van der Waals surface area contributed by atoms with Gasteiger partial charge in [0.1, 0.15) is 4.88 Å². The molecule has 2 aromatic rings. The van der Waals surface area contributed by atoms with Crippen LogP contribution in [0.15, 0.2) is 29.9 Å². The Kier molecular flexibility index (Phi) is 4.11. The Balaban J connectivity index is 1.87. The maximum absolute atomic E-state index is 11.0. The van der Waals surface area contributed by atoms with Crippen molar-refractivity contribution in [1.82, 2.24) is 15.1 Å². The zero-order chi connectivity index (χ0) is 13.0. The summed E-state index contributed by atoms with van der Waals surface area (Å²) in [6.07, 6.45) is 3.65. The van der Waals surface area contributed by atoms with Gasteiger partial charge in [-0.3, -0.25) is 4.68 Å². The molecule has 0 saturated heterocycles. The van der Waals surface area contributed by atoms with Crippen molar-refractivity contribution in [3.05, 3.63) is 40.3 Å². The fourth-order valence-corrected chi connectivity index (χ4v) is 2.46. The molecule has 1 atom stereocenters. The van der Waals surface area contributed by atoms with E-state index in [4.69, 9.17) is 5.11 Å². The Morgan fingerprint density at radius 1 is 1.67 bits per heavy atom. The number of hydrogen-bond acceptors (Lipinski definition) is 4. The van der Waals surface area contributed by atoms with Crippen LogP contribution in [-0.2, 0) is 13.1 Å². The largest absolute Gasteiger partial charge is 0.477 e. The van der Waals surface area contributed by atoms with Crippen LogP contribution >= 0.6 is 11.3 Å². The SMILES string of the molecule is CC(Cn1cccn1)NCc1ccsc1C(=O)O. The molecule has 0 fully saturated rings. The molecule has 2 heterocycles. The zero-order valence-corrected chi connectivity index (χ0v) is 10.9. The number of aromatic carboxylic acids is 1. The number of thiophene rings is 1. The summed E-state index contributed by atoms with van der Waals surface area (Å²) in [5.41, 5.74) is 0.833. The molecular formula is C12H15N3O2S. The van der Waals surface area contributed by atoms with Crippen molar-refractivity contribution in [2.45, 2.75) is 26.1 Å². The summed E-state index contributed by atoms with van der Waals surface area (Å²) >= 11 is 1.26. The quantitative estimate of drug-likeness (QED) is 0.836. The van der Waals surface area contributed by atoms with Crippen LogP contribution in [0.25, 0.3) is 0 Å². The second kappa shape index (κ2) is 5.79. The summed E-state index contributed by atoms with van der Waals surface area (Å²) in [5, 5.41) is 18.2. The van der Waals surface area contributed by atoms with Gasteiger partial charge in [0.25, 0.3) is 0 Å². The van der Waals surface area contributed by atoms with Crippen LogP contribution < -0.4 is 5.32 Å². The summed E-state index contributed by atoms with van der Waals surface area (Å²) in [5.74, 6) is -0.860. The van der Waals surface area contributed by atoms with Crippen LogP contribution in [0.3, 0.4) is 0 Å². The summed E-state index contributed by atoms with van der Waals surface area (Å²) in [4.78, 5) is 11.4. The molecule has 2 rings (SSSR count). The number of nitrogens with zero attached hydrogens (tertiary/aromatic N) is 2. The summed E-state index contributed by atoms with van der Waals surface area (Å²) < 4.78 is 1.85. The Bertz CT molecular complexity index is 507. The maximum atomic E-state index is 11.0. The first kappa shape index (κ1) is 12.8. The number of hydrogen-bond donors (Lipinski definition) is 2. The average Bonchev–Trinajstić information content (AvgIpc) is 2.96. The molecule has 2 N–H and O–H groups in total. The normalized spacial score (nSPS) is 12.5. The van der Waals surface area contributed by atoms with Crippen molar-refractivity contribution < 1.29 is 9.90 Å². The highest BCUT2D eigenvalue weighted by Gasteiger charge is 2.12.